The molecule has 1 N–H and O–H groups in total. The van der Waals surface area contributed by atoms with Crippen LogP contribution in [-0.2, 0) is 6.54 Å². The summed E-state index contributed by atoms with van der Waals surface area (Å²) in [6.07, 6.45) is 2.55. The zero-order chi connectivity index (χ0) is 13.9. The summed E-state index contributed by atoms with van der Waals surface area (Å²) in [6, 6.07) is 10.4. The first-order valence-electron chi connectivity index (χ1n) is 6.71. The topological polar surface area (TPSA) is 47.0 Å². The van der Waals surface area contributed by atoms with Gasteiger partial charge in [-0.1, -0.05) is 22.0 Å². The molecule has 0 unspecified atom stereocenters. The van der Waals surface area contributed by atoms with Crippen LogP contribution in [-0.4, -0.2) is 16.2 Å². The van der Waals surface area contributed by atoms with E-state index < -0.39 is 0 Å². The molecule has 0 saturated heterocycles. The average molecular weight is 334 g/mol. The Morgan fingerprint density at radius 1 is 1.25 bits per heavy atom. The molecular weight excluding hydrogens is 318 g/mol. The van der Waals surface area contributed by atoms with Gasteiger partial charge in [-0.15, -0.1) is 5.10 Å². The van der Waals surface area contributed by atoms with Gasteiger partial charge in [0.25, 0.3) is 0 Å². The second-order valence-electron chi connectivity index (χ2n) is 5.03. The Kier molecular flexibility index (Phi) is 3.98. The smallest absolute Gasteiger partial charge is 0.238 e. The van der Waals surface area contributed by atoms with E-state index in [4.69, 9.17) is 4.74 Å². The van der Waals surface area contributed by atoms with E-state index in [0.717, 1.165) is 28.0 Å². The van der Waals surface area contributed by atoms with Gasteiger partial charge < -0.3 is 10.1 Å². The van der Waals surface area contributed by atoms with Gasteiger partial charge in [0.15, 0.2) is 0 Å². The van der Waals surface area contributed by atoms with Gasteiger partial charge in [0, 0.05) is 23.1 Å². The fourth-order valence-corrected chi connectivity index (χ4v) is 2.17. The maximum absolute atomic E-state index is 5.76. The third kappa shape index (κ3) is 3.55. The van der Waals surface area contributed by atoms with Crippen LogP contribution >= 0.6 is 15.9 Å². The first-order chi connectivity index (χ1) is 9.70. The van der Waals surface area contributed by atoms with Crippen LogP contribution < -0.4 is 10.1 Å². The molecule has 1 aromatic heterocycles. The third-order valence-corrected chi connectivity index (χ3v) is 3.70. The quantitative estimate of drug-likeness (QED) is 0.908. The molecule has 1 aromatic carbocycles. The molecule has 0 atom stereocenters. The SMILES string of the molecule is Cc1ccc(Br)cc1Oc1ccc(CNC2CC2)nn1. The predicted molar refractivity (Wildman–Crippen MR) is 80.8 cm³/mol. The zero-order valence-electron chi connectivity index (χ0n) is 11.3. The van der Waals surface area contributed by atoms with Crippen molar-refractivity contribution in [1.82, 2.24) is 15.5 Å². The van der Waals surface area contributed by atoms with E-state index in [-0.39, 0.29) is 0 Å². The van der Waals surface area contributed by atoms with E-state index in [9.17, 15) is 0 Å². The molecule has 0 radical (unpaired) electrons. The minimum Gasteiger partial charge on any atom is -0.437 e. The Hall–Kier alpha value is -1.46. The van der Waals surface area contributed by atoms with Crippen molar-refractivity contribution in [2.24, 2.45) is 0 Å². The Morgan fingerprint density at radius 2 is 2.10 bits per heavy atom. The van der Waals surface area contributed by atoms with Crippen molar-refractivity contribution >= 4 is 15.9 Å². The highest BCUT2D eigenvalue weighted by atomic mass is 79.9. The molecule has 0 amide bonds. The van der Waals surface area contributed by atoms with Crippen LogP contribution in [0.3, 0.4) is 0 Å². The third-order valence-electron chi connectivity index (χ3n) is 3.21. The molecule has 3 rings (SSSR count). The number of rotatable bonds is 5. The lowest BCUT2D eigenvalue weighted by molar-refractivity contribution is 0.449. The van der Waals surface area contributed by atoms with Crippen molar-refractivity contribution in [2.45, 2.75) is 32.4 Å². The van der Waals surface area contributed by atoms with Gasteiger partial charge in [0.1, 0.15) is 5.75 Å². The number of aromatic nitrogens is 2. The highest BCUT2D eigenvalue weighted by Crippen LogP contribution is 2.26. The summed E-state index contributed by atoms with van der Waals surface area (Å²) in [6.45, 7) is 2.77. The molecule has 104 valence electrons. The molecule has 1 aliphatic rings. The summed E-state index contributed by atoms with van der Waals surface area (Å²) in [5.41, 5.74) is 2.00. The molecule has 1 heterocycles. The van der Waals surface area contributed by atoms with Gasteiger partial charge in [-0.05, 0) is 43.5 Å². The minimum absolute atomic E-state index is 0.515. The monoisotopic (exact) mass is 333 g/mol. The van der Waals surface area contributed by atoms with Gasteiger partial charge >= 0.3 is 0 Å². The first-order valence-corrected chi connectivity index (χ1v) is 7.50. The van der Waals surface area contributed by atoms with Crippen molar-refractivity contribution in [3.8, 4) is 11.6 Å². The van der Waals surface area contributed by atoms with Crippen LogP contribution in [0.15, 0.2) is 34.8 Å². The molecule has 1 saturated carbocycles. The van der Waals surface area contributed by atoms with Gasteiger partial charge in [-0.3, -0.25) is 0 Å². The summed E-state index contributed by atoms with van der Waals surface area (Å²) in [4.78, 5) is 0. The Morgan fingerprint density at radius 3 is 2.80 bits per heavy atom. The van der Waals surface area contributed by atoms with Gasteiger partial charge in [0.2, 0.25) is 5.88 Å². The van der Waals surface area contributed by atoms with Gasteiger partial charge in [-0.2, -0.15) is 5.10 Å². The molecule has 20 heavy (non-hydrogen) atoms. The largest absolute Gasteiger partial charge is 0.437 e. The van der Waals surface area contributed by atoms with Crippen LogP contribution in [0, 0.1) is 6.92 Å². The van der Waals surface area contributed by atoms with Crippen LogP contribution in [0.4, 0.5) is 0 Å². The lowest BCUT2D eigenvalue weighted by Gasteiger charge is -2.08. The number of hydrogen-bond donors (Lipinski definition) is 1. The van der Waals surface area contributed by atoms with Crippen molar-refractivity contribution in [3.63, 3.8) is 0 Å². The van der Waals surface area contributed by atoms with E-state index in [1.165, 1.54) is 12.8 Å². The number of nitrogens with one attached hydrogen (secondary N) is 1. The second-order valence-corrected chi connectivity index (χ2v) is 5.95. The molecular formula is C15H16BrN3O. The average Bonchev–Trinajstić information content (AvgIpc) is 3.26. The summed E-state index contributed by atoms with van der Waals surface area (Å²) in [5.74, 6) is 1.30. The van der Waals surface area contributed by atoms with Gasteiger partial charge in [0.05, 0.1) is 5.69 Å². The molecule has 0 bridgehead atoms. The summed E-state index contributed by atoms with van der Waals surface area (Å²) in [7, 11) is 0. The molecule has 0 aliphatic heterocycles. The second kappa shape index (κ2) is 5.89. The standard InChI is InChI=1S/C15H16BrN3O/c1-10-2-3-11(16)8-14(10)20-15-7-6-13(18-19-15)9-17-12-4-5-12/h2-3,6-8,12,17H,4-5,9H2,1H3. The summed E-state index contributed by atoms with van der Waals surface area (Å²) in [5, 5.41) is 11.7. The Balaban J connectivity index is 1.66. The zero-order valence-corrected chi connectivity index (χ0v) is 12.9. The van der Waals surface area contributed by atoms with Crippen LogP contribution in [0.2, 0.25) is 0 Å². The van der Waals surface area contributed by atoms with Crippen molar-refractivity contribution < 1.29 is 4.74 Å². The Bertz CT molecular complexity index is 597. The number of halogens is 1. The number of nitrogens with zero attached hydrogens (tertiary/aromatic N) is 2. The van der Waals surface area contributed by atoms with E-state index in [2.05, 4.69) is 31.4 Å². The maximum atomic E-state index is 5.76. The molecule has 1 fully saturated rings. The fourth-order valence-electron chi connectivity index (χ4n) is 1.83. The highest BCUT2D eigenvalue weighted by molar-refractivity contribution is 9.10. The molecule has 0 spiro atoms. The number of ether oxygens (including phenoxy) is 1. The molecule has 2 aromatic rings. The van der Waals surface area contributed by atoms with E-state index in [1.54, 1.807) is 0 Å². The number of aryl methyl sites for hydroxylation is 1. The van der Waals surface area contributed by atoms with Crippen LogP contribution in [0.25, 0.3) is 0 Å². The molecule has 4 nitrogen and oxygen atoms in total. The van der Waals surface area contributed by atoms with Gasteiger partial charge in [-0.25, -0.2) is 0 Å². The van der Waals surface area contributed by atoms with Crippen molar-refractivity contribution in [3.05, 3.63) is 46.1 Å². The number of hydrogen-bond acceptors (Lipinski definition) is 4. The summed E-state index contributed by atoms with van der Waals surface area (Å²) >= 11 is 3.44. The van der Waals surface area contributed by atoms with E-state index in [0.29, 0.717) is 11.9 Å². The van der Waals surface area contributed by atoms with Crippen molar-refractivity contribution in [1.29, 1.82) is 0 Å². The lowest BCUT2D eigenvalue weighted by atomic mass is 10.2. The molecule has 1 aliphatic carbocycles. The van der Waals surface area contributed by atoms with Crippen molar-refractivity contribution in [2.75, 3.05) is 0 Å². The predicted octanol–water partition coefficient (Wildman–Crippen LogP) is 3.59. The maximum Gasteiger partial charge on any atom is 0.238 e. The van der Waals surface area contributed by atoms with E-state index in [1.807, 2.05) is 37.3 Å². The summed E-state index contributed by atoms with van der Waals surface area (Å²) < 4.78 is 6.74. The highest BCUT2D eigenvalue weighted by Gasteiger charge is 2.20. The van der Waals surface area contributed by atoms with E-state index >= 15 is 0 Å². The minimum atomic E-state index is 0.515. The lowest BCUT2D eigenvalue weighted by Crippen LogP contribution is -2.16. The molecule has 5 heteroatoms. The van der Waals surface area contributed by atoms with Crippen LogP contribution in [0.5, 0.6) is 11.6 Å². The van der Waals surface area contributed by atoms with Crippen LogP contribution in [0.1, 0.15) is 24.1 Å². The first kappa shape index (κ1) is 13.5. The Labute approximate surface area is 126 Å². The fraction of sp³-hybridized carbons (Fsp3) is 0.333. The normalized spacial score (nSPS) is 14.3. The number of benzene rings is 1.